The first-order chi connectivity index (χ1) is 8.66. The molecule has 1 heterocycles. The highest BCUT2D eigenvalue weighted by molar-refractivity contribution is 5.07. The molecule has 0 aromatic heterocycles. The van der Waals surface area contributed by atoms with Crippen LogP contribution < -0.4 is 0 Å². The minimum atomic E-state index is -0.00713. The van der Waals surface area contributed by atoms with Gasteiger partial charge in [-0.15, -0.1) is 5.92 Å². The molecule has 0 aromatic rings. The highest BCUT2D eigenvalue weighted by Crippen LogP contribution is 2.20. The second-order valence-corrected chi connectivity index (χ2v) is 7.68. The van der Waals surface area contributed by atoms with Gasteiger partial charge in [0, 0.05) is 31.5 Å². The van der Waals surface area contributed by atoms with Crippen LogP contribution in [-0.2, 0) is 4.74 Å². The molecular weight excluding hydrogens is 246 g/mol. The SMILES string of the molecule is C.CC(C)(C)C#CCCC1CN(CCOC(C)(C)C)C1. The third kappa shape index (κ3) is 9.39. The Morgan fingerprint density at radius 2 is 1.70 bits per heavy atom. The van der Waals surface area contributed by atoms with Crippen LogP contribution in [0, 0.1) is 23.2 Å². The Labute approximate surface area is 127 Å². The summed E-state index contributed by atoms with van der Waals surface area (Å²) in [6.07, 6.45) is 2.30. The van der Waals surface area contributed by atoms with E-state index >= 15 is 0 Å². The minimum Gasteiger partial charge on any atom is -0.375 e. The maximum Gasteiger partial charge on any atom is 0.0600 e. The van der Waals surface area contributed by atoms with Crippen molar-refractivity contribution in [2.75, 3.05) is 26.2 Å². The lowest BCUT2D eigenvalue weighted by atomic mass is 9.93. The Kier molecular flexibility index (Phi) is 7.84. The van der Waals surface area contributed by atoms with Gasteiger partial charge >= 0.3 is 0 Å². The minimum absolute atomic E-state index is 0. The molecule has 1 saturated heterocycles. The Hall–Kier alpha value is -0.520. The largest absolute Gasteiger partial charge is 0.375 e. The number of nitrogens with zero attached hydrogens (tertiary/aromatic N) is 1. The first-order valence-electron chi connectivity index (χ1n) is 7.52. The lowest BCUT2D eigenvalue weighted by molar-refractivity contribution is -0.0281. The van der Waals surface area contributed by atoms with Gasteiger partial charge in [0.2, 0.25) is 0 Å². The van der Waals surface area contributed by atoms with Crippen molar-refractivity contribution in [1.82, 2.24) is 4.90 Å². The number of hydrogen-bond acceptors (Lipinski definition) is 2. The lowest BCUT2D eigenvalue weighted by Crippen LogP contribution is -2.48. The van der Waals surface area contributed by atoms with Crippen molar-refractivity contribution in [3.05, 3.63) is 0 Å². The van der Waals surface area contributed by atoms with Crippen molar-refractivity contribution >= 4 is 0 Å². The van der Waals surface area contributed by atoms with Crippen LogP contribution >= 0.6 is 0 Å². The summed E-state index contributed by atoms with van der Waals surface area (Å²) in [5.41, 5.74) is 0.142. The van der Waals surface area contributed by atoms with E-state index in [-0.39, 0.29) is 18.4 Å². The maximum absolute atomic E-state index is 5.74. The molecule has 0 radical (unpaired) electrons. The van der Waals surface area contributed by atoms with Crippen LogP contribution in [-0.4, -0.2) is 36.7 Å². The topological polar surface area (TPSA) is 12.5 Å². The molecule has 0 unspecified atom stereocenters. The molecule has 0 spiro atoms. The second-order valence-electron chi connectivity index (χ2n) is 7.68. The number of likely N-dealkylation sites (tertiary alicyclic amines) is 1. The van der Waals surface area contributed by atoms with Crippen LogP contribution in [0.25, 0.3) is 0 Å². The molecular formula is C18H35NO. The Bertz CT molecular complexity index is 318. The Morgan fingerprint density at radius 3 is 2.20 bits per heavy atom. The number of hydrogen-bond donors (Lipinski definition) is 0. The fourth-order valence-electron chi connectivity index (χ4n) is 2.13. The molecule has 0 aliphatic carbocycles. The molecule has 0 saturated carbocycles. The molecule has 2 nitrogen and oxygen atoms in total. The van der Waals surface area contributed by atoms with E-state index in [0.29, 0.717) is 0 Å². The standard InChI is InChI=1S/C17H31NO.CH4/c1-16(2,3)10-8-7-9-15-13-18(14-15)11-12-19-17(4,5)6;/h15H,7,9,11-14H2,1-6H3;1H4. The first-order valence-corrected chi connectivity index (χ1v) is 7.52. The molecule has 0 N–H and O–H groups in total. The predicted octanol–water partition coefficient (Wildman–Crippen LogP) is 4.20. The first kappa shape index (κ1) is 19.5. The average Bonchev–Trinajstić information content (AvgIpc) is 2.15. The molecule has 0 aromatic carbocycles. The Morgan fingerprint density at radius 1 is 1.10 bits per heavy atom. The third-order valence-electron chi connectivity index (χ3n) is 3.12. The van der Waals surface area contributed by atoms with Crippen LogP contribution in [0.1, 0.15) is 61.8 Å². The van der Waals surface area contributed by atoms with Gasteiger partial charge in [-0.05, 0) is 53.9 Å². The smallest absolute Gasteiger partial charge is 0.0600 e. The number of rotatable bonds is 5. The van der Waals surface area contributed by atoms with Crippen LogP contribution in [0.3, 0.4) is 0 Å². The lowest BCUT2D eigenvalue weighted by Gasteiger charge is -2.39. The van der Waals surface area contributed by atoms with Crippen molar-refractivity contribution in [3.63, 3.8) is 0 Å². The van der Waals surface area contributed by atoms with Crippen molar-refractivity contribution in [1.29, 1.82) is 0 Å². The van der Waals surface area contributed by atoms with E-state index in [9.17, 15) is 0 Å². The zero-order valence-electron chi connectivity index (χ0n) is 13.7. The van der Waals surface area contributed by atoms with E-state index < -0.39 is 0 Å². The third-order valence-corrected chi connectivity index (χ3v) is 3.12. The van der Waals surface area contributed by atoms with Gasteiger partial charge in [-0.2, -0.15) is 0 Å². The van der Waals surface area contributed by atoms with Gasteiger partial charge in [0.1, 0.15) is 0 Å². The van der Waals surface area contributed by atoms with Gasteiger partial charge in [-0.3, -0.25) is 0 Å². The molecule has 0 bridgehead atoms. The van der Waals surface area contributed by atoms with E-state index in [1.54, 1.807) is 0 Å². The zero-order chi connectivity index (χ0) is 14.5. The van der Waals surface area contributed by atoms with Crippen molar-refractivity contribution < 1.29 is 4.74 Å². The summed E-state index contributed by atoms with van der Waals surface area (Å²) in [6.45, 7) is 17.2. The summed E-state index contributed by atoms with van der Waals surface area (Å²) in [5.74, 6) is 7.46. The van der Waals surface area contributed by atoms with E-state index in [2.05, 4.69) is 58.3 Å². The molecule has 118 valence electrons. The summed E-state index contributed by atoms with van der Waals surface area (Å²) in [7, 11) is 0. The fraction of sp³-hybridized carbons (Fsp3) is 0.889. The van der Waals surface area contributed by atoms with Crippen molar-refractivity contribution in [2.24, 2.45) is 11.3 Å². The molecule has 1 rings (SSSR count). The predicted molar refractivity (Wildman–Crippen MR) is 88.8 cm³/mol. The molecule has 1 fully saturated rings. The quantitative estimate of drug-likeness (QED) is 0.700. The van der Waals surface area contributed by atoms with Gasteiger partial charge in [0.15, 0.2) is 0 Å². The van der Waals surface area contributed by atoms with Crippen molar-refractivity contribution in [2.45, 2.75) is 67.4 Å². The molecule has 0 atom stereocenters. The molecule has 1 aliphatic rings. The summed E-state index contributed by atoms with van der Waals surface area (Å²) >= 11 is 0. The van der Waals surface area contributed by atoms with E-state index in [0.717, 1.165) is 25.5 Å². The highest BCUT2D eigenvalue weighted by Gasteiger charge is 2.25. The zero-order valence-corrected chi connectivity index (χ0v) is 13.7. The summed E-state index contributed by atoms with van der Waals surface area (Å²) in [4.78, 5) is 2.48. The monoisotopic (exact) mass is 281 g/mol. The Balaban J connectivity index is 0.00000361. The van der Waals surface area contributed by atoms with Gasteiger partial charge in [0.05, 0.1) is 12.2 Å². The van der Waals surface area contributed by atoms with Gasteiger partial charge in [-0.1, -0.05) is 13.3 Å². The maximum atomic E-state index is 5.74. The van der Waals surface area contributed by atoms with Crippen LogP contribution in [0.15, 0.2) is 0 Å². The number of ether oxygens (including phenoxy) is 1. The summed E-state index contributed by atoms with van der Waals surface area (Å²) < 4.78 is 5.74. The van der Waals surface area contributed by atoms with Gasteiger partial charge < -0.3 is 9.64 Å². The van der Waals surface area contributed by atoms with Crippen LogP contribution in [0.5, 0.6) is 0 Å². The molecule has 2 heteroatoms. The average molecular weight is 281 g/mol. The van der Waals surface area contributed by atoms with Crippen molar-refractivity contribution in [3.8, 4) is 11.8 Å². The summed E-state index contributed by atoms with van der Waals surface area (Å²) in [6, 6.07) is 0. The van der Waals surface area contributed by atoms with Crippen LogP contribution in [0.4, 0.5) is 0 Å². The fourth-order valence-corrected chi connectivity index (χ4v) is 2.13. The van der Waals surface area contributed by atoms with E-state index in [4.69, 9.17) is 4.74 Å². The highest BCUT2D eigenvalue weighted by atomic mass is 16.5. The molecule has 1 aliphatic heterocycles. The van der Waals surface area contributed by atoms with E-state index in [1.165, 1.54) is 19.5 Å². The van der Waals surface area contributed by atoms with E-state index in [1.807, 2.05) is 0 Å². The van der Waals surface area contributed by atoms with Gasteiger partial charge in [0.25, 0.3) is 0 Å². The molecule has 20 heavy (non-hydrogen) atoms. The second kappa shape index (κ2) is 8.05. The summed E-state index contributed by atoms with van der Waals surface area (Å²) in [5, 5.41) is 0. The van der Waals surface area contributed by atoms with Gasteiger partial charge in [-0.25, -0.2) is 0 Å². The van der Waals surface area contributed by atoms with Crippen LogP contribution in [0.2, 0.25) is 0 Å². The molecule has 0 amide bonds. The normalized spacial score (nSPS) is 16.9.